The van der Waals surface area contributed by atoms with Crippen molar-refractivity contribution >= 4 is 37.8 Å². The maximum atomic E-state index is 10.1. The third-order valence-corrected chi connectivity index (χ3v) is 2.56. The largest absolute Gasteiger partial charge is 0.477 e. The van der Waals surface area contributed by atoms with Gasteiger partial charge in [-0.2, -0.15) is 0 Å². The summed E-state index contributed by atoms with van der Waals surface area (Å²) in [5.74, 6) is -1.10. The molecular formula is C4H4Br2O3. The first-order valence-electron chi connectivity index (χ1n) is 1.98. The number of hydrogen-bond acceptors (Lipinski definition) is 2. The molecule has 0 heterocycles. The van der Waals surface area contributed by atoms with E-state index in [-0.39, 0.29) is 15.6 Å². The van der Waals surface area contributed by atoms with Crippen LogP contribution in [0.15, 0.2) is 8.96 Å². The van der Waals surface area contributed by atoms with Gasteiger partial charge in [0.05, 0.1) is 6.61 Å². The molecule has 0 aromatic heterocycles. The molecule has 0 bridgehead atoms. The first kappa shape index (κ1) is 9.13. The van der Waals surface area contributed by atoms with E-state index in [0.717, 1.165) is 0 Å². The molecule has 0 amide bonds. The van der Waals surface area contributed by atoms with E-state index in [9.17, 15) is 4.79 Å². The monoisotopic (exact) mass is 258 g/mol. The average Bonchev–Trinajstić information content (AvgIpc) is 1.84. The zero-order valence-electron chi connectivity index (χ0n) is 4.27. The van der Waals surface area contributed by atoms with Crippen molar-refractivity contribution in [2.45, 2.75) is 0 Å². The van der Waals surface area contributed by atoms with Crippen LogP contribution in [0.2, 0.25) is 0 Å². The molecule has 0 aliphatic heterocycles. The Balaban J connectivity index is 4.28. The van der Waals surface area contributed by atoms with Crippen molar-refractivity contribution < 1.29 is 15.0 Å². The lowest BCUT2D eigenvalue weighted by Crippen LogP contribution is -1.97. The molecule has 5 heteroatoms. The average molecular weight is 260 g/mol. The van der Waals surface area contributed by atoms with Gasteiger partial charge in [-0.1, -0.05) is 15.9 Å². The highest BCUT2D eigenvalue weighted by Gasteiger charge is 2.06. The van der Waals surface area contributed by atoms with Crippen molar-refractivity contribution in [2.75, 3.05) is 6.61 Å². The molecule has 0 fully saturated rings. The quantitative estimate of drug-likeness (QED) is 0.730. The molecule has 52 valence electrons. The van der Waals surface area contributed by atoms with Gasteiger partial charge in [-0.3, -0.25) is 0 Å². The number of aliphatic carboxylic acids is 1. The van der Waals surface area contributed by atoms with Gasteiger partial charge >= 0.3 is 5.97 Å². The fourth-order valence-corrected chi connectivity index (χ4v) is 0.480. The van der Waals surface area contributed by atoms with Crippen molar-refractivity contribution in [1.82, 2.24) is 0 Å². The zero-order chi connectivity index (χ0) is 7.44. The maximum Gasteiger partial charge on any atom is 0.343 e. The second-order valence-corrected chi connectivity index (χ2v) is 2.93. The van der Waals surface area contributed by atoms with Gasteiger partial charge in [-0.25, -0.2) is 4.79 Å². The number of aliphatic hydroxyl groups is 1. The van der Waals surface area contributed by atoms with Gasteiger partial charge in [0.25, 0.3) is 0 Å². The van der Waals surface area contributed by atoms with E-state index in [1.807, 2.05) is 0 Å². The standard InChI is InChI=1S/C4H4Br2O3/c5-2(1-7)3(6)4(8)9/h7H,1H2,(H,8,9). The normalized spacial score (nSPS) is 12.8. The van der Waals surface area contributed by atoms with Crippen LogP contribution in [0.4, 0.5) is 0 Å². The maximum absolute atomic E-state index is 10.1. The molecule has 0 saturated carbocycles. The van der Waals surface area contributed by atoms with Crippen molar-refractivity contribution in [3.05, 3.63) is 8.96 Å². The molecule has 2 N–H and O–H groups in total. The van der Waals surface area contributed by atoms with Gasteiger partial charge in [0.2, 0.25) is 0 Å². The fourth-order valence-electron chi connectivity index (χ4n) is 0.185. The van der Waals surface area contributed by atoms with Crippen LogP contribution in [0, 0.1) is 0 Å². The molecule has 0 spiro atoms. The highest BCUT2D eigenvalue weighted by molar-refractivity contribution is 9.14. The predicted octanol–water partition coefficient (Wildman–Crippen LogP) is 1.06. The van der Waals surface area contributed by atoms with E-state index < -0.39 is 5.97 Å². The lowest BCUT2D eigenvalue weighted by atomic mass is 10.5. The van der Waals surface area contributed by atoms with Gasteiger partial charge in [-0.15, -0.1) is 0 Å². The van der Waals surface area contributed by atoms with Crippen LogP contribution in [0.25, 0.3) is 0 Å². The summed E-state index contributed by atoms with van der Waals surface area (Å²) >= 11 is 5.59. The van der Waals surface area contributed by atoms with Gasteiger partial charge in [0, 0.05) is 4.48 Å². The topological polar surface area (TPSA) is 57.5 Å². The Kier molecular flexibility index (Phi) is 4.09. The number of rotatable bonds is 2. The Hall–Kier alpha value is 0.130. The third-order valence-electron chi connectivity index (χ3n) is 0.565. The van der Waals surface area contributed by atoms with Crippen LogP contribution in [0.3, 0.4) is 0 Å². The molecule has 0 rings (SSSR count). The van der Waals surface area contributed by atoms with Gasteiger partial charge in [0.1, 0.15) is 4.48 Å². The molecule has 0 radical (unpaired) electrons. The van der Waals surface area contributed by atoms with E-state index >= 15 is 0 Å². The molecule has 9 heavy (non-hydrogen) atoms. The lowest BCUT2D eigenvalue weighted by Gasteiger charge is -1.92. The van der Waals surface area contributed by atoms with Crippen molar-refractivity contribution in [1.29, 1.82) is 0 Å². The predicted molar refractivity (Wildman–Crippen MR) is 39.6 cm³/mol. The lowest BCUT2D eigenvalue weighted by molar-refractivity contribution is -0.131. The van der Waals surface area contributed by atoms with Crippen molar-refractivity contribution in [3.63, 3.8) is 0 Å². The van der Waals surface area contributed by atoms with Crippen molar-refractivity contribution in [2.24, 2.45) is 0 Å². The third kappa shape index (κ3) is 2.98. The number of carbonyl (C=O) groups is 1. The summed E-state index contributed by atoms with van der Waals surface area (Å²) < 4.78 is 0.181. The number of carboxylic acids is 1. The number of aliphatic hydroxyl groups excluding tert-OH is 1. The Morgan fingerprint density at radius 1 is 1.44 bits per heavy atom. The molecule has 0 atom stereocenters. The number of hydrogen-bond donors (Lipinski definition) is 2. The highest BCUT2D eigenvalue weighted by atomic mass is 79.9. The number of carboxylic acid groups (broad SMARTS) is 1. The van der Waals surface area contributed by atoms with E-state index in [0.29, 0.717) is 0 Å². The van der Waals surface area contributed by atoms with E-state index in [1.165, 1.54) is 0 Å². The summed E-state index contributed by atoms with van der Waals surface area (Å²) in [4.78, 5) is 10.1. The van der Waals surface area contributed by atoms with Crippen molar-refractivity contribution in [3.8, 4) is 0 Å². The van der Waals surface area contributed by atoms with Crippen LogP contribution in [0.1, 0.15) is 0 Å². The first-order valence-corrected chi connectivity index (χ1v) is 3.56. The SMILES string of the molecule is O=C(O)C(Br)=C(Br)CO. The Morgan fingerprint density at radius 3 is 2.00 bits per heavy atom. The minimum atomic E-state index is -1.10. The van der Waals surface area contributed by atoms with Crippen LogP contribution in [0.5, 0.6) is 0 Å². The van der Waals surface area contributed by atoms with Crippen LogP contribution >= 0.6 is 31.9 Å². The van der Waals surface area contributed by atoms with E-state index in [4.69, 9.17) is 10.2 Å². The Labute approximate surface area is 68.6 Å². The second-order valence-electron chi connectivity index (χ2n) is 1.18. The molecule has 3 nitrogen and oxygen atoms in total. The van der Waals surface area contributed by atoms with Crippen LogP contribution in [-0.2, 0) is 4.79 Å². The van der Waals surface area contributed by atoms with Gasteiger partial charge in [-0.05, 0) is 15.9 Å². The molecule has 0 aromatic rings. The molecule has 0 saturated heterocycles. The summed E-state index contributed by atoms with van der Waals surface area (Å²) in [6.07, 6.45) is 0. The molecule has 0 unspecified atom stereocenters. The summed E-state index contributed by atoms with van der Waals surface area (Å²) in [6.45, 7) is -0.313. The van der Waals surface area contributed by atoms with E-state index in [2.05, 4.69) is 31.9 Å². The van der Waals surface area contributed by atoms with Crippen LogP contribution in [-0.4, -0.2) is 22.8 Å². The minimum Gasteiger partial charge on any atom is -0.477 e. The molecule has 0 aliphatic rings. The molecular weight excluding hydrogens is 256 g/mol. The Bertz CT molecular complexity index is 152. The molecule has 0 aromatic carbocycles. The summed E-state index contributed by atoms with van der Waals surface area (Å²) in [6, 6.07) is 0. The minimum absolute atomic E-state index is 0.0509. The molecule has 0 aliphatic carbocycles. The first-order chi connectivity index (χ1) is 4.09. The highest BCUT2D eigenvalue weighted by Crippen LogP contribution is 2.16. The zero-order valence-corrected chi connectivity index (χ0v) is 7.44. The van der Waals surface area contributed by atoms with E-state index in [1.54, 1.807) is 0 Å². The number of halogens is 2. The summed E-state index contributed by atoms with van der Waals surface area (Å²) in [5.41, 5.74) is 0. The van der Waals surface area contributed by atoms with Gasteiger partial charge in [0.15, 0.2) is 0 Å². The Morgan fingerprint density at radius 2 is 1.89 bits per heavy atom. The second kappa shape index (κ2) is 4.03. The van der Waals surface area contributed by atoms with Crippen LogP contribution < -0.4 is 0 Å². The smallest absolute Gasteiger partial charge is 0.343 e. The summed E-state index contributed by atoms with van der Waals surface area (Å²) in [5, 5.41) is 16.6. The summed E-state index contributed by atoms with van der Waals surface area (Å²) in [7, 11) is 0. The van der Waals surface area contributed by atoms with Gasteiger partial charge < -0.3 is 10.2 Å². The fraction of sp³-hybridized carbons (Fsp3) is 0.250.